The molecule has 0 aliphatic rings. The summed E-state index contributed by atoms with van der Waals surface area (Å²) in [5.74, 6) is 0.490. The van der Waals surface area contributed by atoms with E-state index in [2.05, 4.69) is 20.6 Å². The first-order valence-corrected chi connectivity index (χ1v) is 9.09. The van der Waals surface area contributed by atoms with E-state index >= 15 is 0 Å². The molecule has 0 fully saturated rings. The zero-order valence-electron chi connectivity index (χ0n) is 16.1. The van der Waals surface area contributed by atoms with Crippen LogP contribution in [0.4, 0.5) is 17.3 Å². The Kier molecular flexibility index (Phi) is 5.80. The molecule has 3 rings (SSSR count). The minimum Gasteiger partial charge on any atom is -0.495 e. The van der Waals surface area contributed by atoms with Crippen molar-refractivity contribution in [1.82, 2.24) is 9.97 Å². The standard InChI is InChI=1S/C21H21ClN4O2/c1-12-6-5-7-16(14(12)3)25-21-23-13(2)10-18(26-21)20(27)24-17-11-15(22)8-9-19(17)28-4/h5-11H,1-4H3,(H,24,27)(H,23,25,26). The Morgan fingerprint density at radius 3 is 2.57 bits per heavy atom. The van der Waals surface area contributed by atoms with Crippen LogP contribution in [0.1, 0.15) is 27.3 Å². The number of carbonyl (C=O) groups excluding carboxylic acids is 1. The second-order valence-electron chi connectivity index (χ2n) is 6.39. The first-order valence-electron chi connectivity index (χ1n) is 8.71. The molecule has 0 bridgehead atoms. The van der Waals surface area contributed by atoms with E-state index in [0.29, 0.717) is 28.1 Å². The molecule has 0 spiro atoms. The Morgan fingerprint density at radius 2 is 1.82 bits per heavy atom. The highest BCUT2D eigenvalue weighted by atomic mass is 35.5. The van der Waals surface area contributed by atoms with Gasteiger partial charge in [0.1, 0.15) is 11.4 Å². The number of hydrogen-bond acceptors (Lipinski definition) is 5. The molecule has 1 aromatic heterocycles. The number of amides is 1. The number of anilines is 3. The summed E-state index contributed by atoms with van der Waals surface area (Å²) in [6.07, 6.45) is 0. The van der Waals surface area contributed by atoms with E-state index in [1.165, 1.54) is 7.11 Å². The fourth-order valence-electron chi connectivity index (χ4n) is 2.71. The van der Waals surface area contributed by atoms with Gasteiger partial charge in [-0.2, -0.15) is 0 Å². The summed E-state index contributed by atoms with van der Waals surface area (Å²) in [4.78, 5) is 21.5. The molecule has 0 aliphatic carbocycles. The van der Waals surface area contributed by atoms with E-state index in [4.69, 9.17) is 16.3 Å². The Hall–Kier alpha value is -3.12. The highest BCUT2D eigenvalue weighted by Crippen LogP contribution is 2.28. The molecular formula is C21H21ClN4O2. The number of carbonyl (C=O) groups is 1. The summed E-state index contributed by atoms with van der Waals surface area (Å²) in [6, 6.07) is 12.6. The maximum absolute atomic E-state index is 12.7. The zero-order valence-corrected chi connectivity index (χ0v) is 16.9. The van der Waals surface area contributed by atoms with Gasteiger partial charge in [0.2, 0.25) is 5.95 Å². The van der Waals surface area contributed by atoms with E-state index in [1.54, 1.807) is 24.3 Å². The van der Waals surface area contributed by atoms with Gasteiger partial charge < -0.3 is 15.4 Å². The van der Waals surface area contributed by atoms with E-state index in [9.17, 15) is 4.79 Å². The number of nitrogens with zero attached hydrogens (tertiary/aromatic N) is 2. The van der Waals surface area contributed by atoms with Crippen molar-refractivity contribution >= 4 is 34.8 Å². The molecule has 28 heavy (non-hydrogen) atoms. The van der Waals surface area contributed by atoms with Gasteiger partial charge in [0, 0.05) is 16.4 Å². The molecule has 2 aromatic carbocycles. The van der Waals surface area contributed by atoms with Gasteiger partial charge in [-0.1, -0.05) is 23.7 Å². The Labute approximate surface area is 168 Å². The number of hydrogen-bond donors (Lipinski definition) is 2. The van der Waals surface area contributed by atoms with Gasteiger partial charge in [0.05, 0.1) is 12.8 Å². The smallest absolute Gasteiger partial charge is 0.274 e. The first kappa shape index (κ1) is 19.6. The summed E-state index contributed by atoms with van der Waals surface area (Å²) in [6.45, 7) is 5.87. The average Bonchev–Trinajstić information content (AvgIpc) is 2.65. The number of aryl methyl sites for hydroxylation is 2. The van der Waals surface area contributed by atoms with E-state index in [1.807, 2.05) is 39.0 Å². The lowest BCUT2D eigenvalue weighted by Crippen LogP contribution is -2.16. The number of rotatable bonds is 5. The third-order valence-electron chi connectivity index (χ3n) is 4.35. The van der Waals surface area contributed by atoms with Gasteiger partial charge >= 0.3 is 0 Å². The quantitative estimate of drug-likeness (QED) is 0.630. The van der Waals surface area contributed by atoms with Crippen molar-refractivity contribution in [1.29, 1.82) is 0 Å². The third-order valence-corrected chi connectivity index (χ3v) is 4.58. The molecule has 7 heteroatoms. The van der Waals surface area contributed by atoms with E-state index in [-0.39, 0.29) is 11.6 Å². The average molecular weight is 397 g/mol. The number of aromatic nitrogens is 2. The van der Waals surface area contributed by atoms with Crippen LogP contribution in [-0.4, -0.2) is 23.0 Å². The van der Waals surface area contributed by atoms with Crippen molar-refractivity contribution in [2.75, 3.05) is 17.7 Å². The number of methoxy groups -OCH3 is 1. The minimum atomic E-state index is -0.380. The Balaban J connectivity index is 1.88. The lowest BCUT2D eigenvalue weighted by Gasteiger charge is -2.13. The molecular weight excluding hydrogens is 376 g/mol. The van der Waals surface area contributed by atoms with Gasteiger partial charge in [-0.25, -0.2) is 9.97 Å². The van der Waals surface area contributed by atoms with Gasteiger partial charge in [-0.3, -0.25) is 4.79 Å². The van der Waals surface area contributed by atoms with Gasteiger partial charge in [0.15, 0.2) is 0 Å². The Bertz CT molecular complexity index is 1040. The van der Waals surface area contributed by atoms with Crippen LogP contribution in [0, 0.1) is 20.8 Å². The van der Waals surface area contributed by atoms with Crippen molar-refractivity contribution in [2.45, 2.75) is 20.8 Å². The zero-order chi connectivity index (χ0) is 20.3. The summed E-state index contributed by atoms with van der Waals surface area (Å²) >= 11 is 6.03. The monoisotopic (exact) mass is 396 g/mol. The van der Waals surface area contributed by atoms with Crippen LogP contribution in [0.5, 0.6) is 5.75 Å². The molecule has 0 unspecified atom stereocenters. The van der Waals surface area contributed by atoms with Crippen LogP contribution >= 0.6 is 11.6 Å². The normalized spacial score (nSPS) is 10.5. The predicted molar refractivity (Wildman–Crippen MR) is 112 cm³/mol. The van der Waals surface area contributed by atoms with Crippen LogP contribution in [0.25, 0.3) is 0 Å². The highest BCUT2D eigenvalue weighted by molar-refractivity contribution is 6.31. The maximum Gasteiger partial charge on any atom is 0.274 e. The number of benzene rings is 2. The number of halogens is 1. The van der Waals surface area contributed by atoms with Gasteiger partial charge in [-0.15, -0.1) is 0 Å². The molecule has 2 N–H and O–H groups in total. The molecule has 0 aliphatic heterocycles. The Morgan fingerprint density at radius 1 is 1.04 bits per heavy atom. The fraction of sp³-hybridized carbons (Fsp3) is 0.190. The summed E-state index contributed by atoms with van der Waals surface area (Å²) in [7, 11) is 1.53. The van der Waals surface area contributed by atoms with E-state index < -0.39 is 0 Å². The van der Waals surface area contributed by atoms with Crippen LogP contribution in [0.3, 0.4) is 0 Å². The lowest BCUT2D eigenvalue weighted by molar-refractivity contribution is 0.102. The molecule has 0 atom stereocenters. The van der Waals surface area contributed by atoms with Crippen molar-refractivity contribution in [3.8, 4) is 5.75 Å². The van der Waals surface area contributed by atoms with Crippen molar-refractivity contribution < 1.29 is 9.53 Å². The summed E-state index contributed by atoms with van der Waals surface area (Å²) in [5.41, 5.74) is 4.54. The number of nitrogens with one attached hydrogen (secondary N) is 2. The third kappa shape index (κ3) is 4.40. The molecule has 6 nitrogen and oxygen atoms in total. The first-order chi connectivity index (χ1) is 13.4. The topological polar surface area (TPSA) is 76.1 Å². The second-order valence-corrected chi connectivity index (χ2v) is 6.83. The molecule has 1 heterocycles. The maximum atomic E-state index is 12.7. The summed E-state index contributed by atoms with van der Waals surface area (Å²) < 4.78 is 5.27. The van der Waals surface area contributed by atoms with Crippen LogP contribution in [-0.2, 0) is 0 Å². The van der Waals surface area contributed by atoms with Crippen LogP contribution < -0.4 is 15.4 Å². The van der Waals surface area contributed by atoms with E-state index in [0.717, 1.165) is 16.8 Å². The predicted octanol–water partition coefficient (Wildman–Crippen LogP) is 5.06. The van der Waals surface area contributed by atoms with Crippen molar-refractivity contribution in [2.24, 2.45) is 0 Å². The lowest BCUT2D eigenvalue weighted by atomic mass is 10.1. The molecule has 0 saturated heterocycles. The fourth-order valence-corrected chi connectivity index (χ4v) is 2.88. The summed E-state index contributed by atoms with van der Waals surface area (Å²) in [5, 5.41) is 6.48. The SMILES string of the molecule is COc1ccc(Cl)cc1NC(=O)c1cc(C)nc(Nc2cccc(C)c2C)n1. The van der Waals surface area contributed by atoms with Crippen molar-refractivity contribution in [3.63, 3.8) is 0 Å². The molecule has 1 amide bonds. The largest absolute Gasteiger partial charge is 0.495 e. The van der Waals surface area contributed by atoms with Crippen molar-refractivity contribution in [3.05, 3.63) is 70.0 Å². The van der Waals surface area contributed by atoms with Gasteiger partial charge in [0.25, 0.3) is 5.91 Å². The van der Waals surface area contributed by atoms with Crippen LogP contribution in [0.2, 0.25) is 5.02 Å². The van der Waals surface area contributed by atoms with Gasteiger partial charge in [-0.05, 0) is 62.2 Å². The molecule has 144 valence electrons. The minimum absolute atomic E-state index is 0.238. The molecule has 3 aromatic rings. The highest BCUT2D eigenvalue weighted by Gasteiger charge is 2.14. The van der Waals surface area contributed by atoms with Crippen LogP contribution in [0.15, 0.2) is 42.5 Å². The molecule has 0 radical (unpaired) electrons. The number of ether oxygens (including phenoxy) is 1. The molecule has 0 saturated carbocycles. The second kappa shape index (κ2) is 8.27.